The number of nitrogens with zero attached hydrogens (tertiary/aromatic N) is 2. The largest absolute Gasteiger partial charge is 0.444 e. The summed E-state index contributed by atoms with van der Waals surface area (Å²) in [5, 5.41) is 19.2. The summed E-state index contributed by atoms with van der Waals surface area (Å²) in [6.45, 7) is 15.2. The third-order valence-electron chi connectivity index (χ3n) is 10.1. The highest BCUT2D eigenvalue weighted by atomic mass is 32.1. The molecule has 0 aliphatic carbocycles. The first-order chi connectivity index (χ1) is 27.7. The number of nitrogens with one attached hydrogen (secondary N) is 3. The highest BCUT2D eigenvalue weighted by Gasteiger charge is 2.44. The number of aliphatic hydroxyl groups is 1. The van der Waals surface area contributed by atoms with Gasteiger partial charge in [-0.15, -0.1) is 11.3 Å². The van der Waals surface area contributed by atoms with Crippen molar-refractivity contribution in [1.29, 1.82) is 0 Å². The average molecular weight is 835 g/mol. The molecule has 0 spiro atoms. The summed E-state index contributed by atoms with van der Waals surface area (Å²) in [6.07, 6.45) is -0.0389. The van der Waals surface area contributed by atoms with Crippen molar-refractivity contribution in [2.24, 2.45) is 11.1 Å². The molecule has 0 radical (unpaired) electrons. The Morgan fingerprint density at radius 1 is 0.949 bits per heavy atom. The highest BCUT2D eigenvalue weighted by molar-refractivity contribution is 7.13. The van der Waals surface area contributed by atoms with Crippen LogP contribution in [0.1, 0.15) is 103 Å². The fraction of sp³-hybridized carbons (Fsp3) is 0.545. The van der Waals surface area contributed by atoms with Crippen molar-refractivity contribution in [2.45, 2.75) is 143 Å². The second kappa shape index (κ2) is 20.9. The van der Waals surface area contributed by atoms with Crippen LogP contribution in [0.2, 0.25) is 0 Å². The molecule has 322 valence electrons. The number of hydrogen-bond acceptors (Lipinski definition) is 10. The Morgan fingerprint density at radius 3 is 2.19 bits per heavy atom. The third-order valence-corrected chi connectivity index (χ3v) is 11.1. The van der Waals surface area contributed by atoms with E-state index in [0.29, 0.717) is 19.3 Å². The molecule has 1 aliphatic heterocycles. The zero-order chi connectivity index (χ0) is 43.5. The fourth-order valence-electron chi connectivity index (χ4n) is 6.79. The summed E-state index contributed by atoms with van der Waals surface area (Å²) in [6, 6.07) is 13.4. The van der Waals surface area contributed by atoms with Gasteiger partial charge >= 0.3 is 6.09 Å². The monoisotopic (exact) mass is 834 g/mol. The van der Waals surface area contributed by atoms with Crippen molar-refractivity contribution in [3.8, 4) is 10.4 Å². The molecule has 2 heterocycles. The van der Waals surface area contributed by atoms with E-state index in [-0.39, 0.29) is 50.8 Å². The molecule has 1 fully saturated rings. The van der Waals surface area contributed by atoms with Crippen LogP contribution < -0.4 is 21.7 Å². The van der Waals surface area contributed by atoms with Gasteiger partial charge in [-0.3, -0.25) is 19.2 Å². The number of hydrogen-bond donors (Lipinski definition) is 5. The number of carbonyl (C=O) groups is 5. The molecule has 5 amide bonds. The van der Waals surface area contributed by atoms with E-state index in [1.54, 1.807) is 32.1 Å². The number of aromatic nitrogens is 1. The van der Waals surface area contributed by atoms with E-state index in [9.17, 15) is 29.1 Å². The maximum atomic E-state index is 14.0. The normalized spacial score (nSPS) is 17.1. The number of carbonyl (C=O) groups excluding carboxylic acids is 5. The standard InChI is InChI=1S/C44H62N6O8S/c1-27-38(59-26-47-27)32-18-16-30(17-19-32)23-46-40(54)35-22-33(51)24-50(35)41(55)39(43(3,4)5)49-37(53)11-9-10-29-12-14-31(15-13-29)25-57-28(2)34(20-21-36(45)52)48-42(56)58-44(6,7)8/h12-19,26,28,33-35,39,51H,9-11,20-25H2,1-8H3,(H2,45,52)(H,46,54)(H,48,56)(H,49,53)/t28-,33-,34+,35+,39-/m1/s1. The van der Waals surface area contributed by atoms with E-state index >= 15 is 0 Å². The number of likely N-dealkylation sites (tertiary alicyclic amines) is 1. The maximum absolute atomic E-state index is 14.0. The number of alkyl carbamates (subject to hydrolysis) is 1. The second-order valence-corrected chi connectivity index (χ2v) is 18.2. The van der Waals surface area contributed by atoms with Gasteiger partial charge in [0.1, 0.15) is 17.7 Å². The van der Waals surface area contributed by atoms with Crippen molar-refractivity contribution in [3.63, 3.8) is 0 Å². The zero-order valence-corrected chi connectivity index (χ0v) is 36.4. The maximum Gasteiger partial charge on any atom is 0.407 e. The molecule has 1 saturated heterocycles. The van der Waals surface area contributed by atoms with E-state index in [4.69, 9.17) is 15.2 Å². The number of β-amino-alcohol motifs (C(OH)–C–C–N with tert-alkyl or cyclic N) is 1. The molecule has 2 aromatic carbocycles. The summed E-state index contributed by atoms with van der Waals surface area (Å²) < 4.78 is 11.4. The summed E-state index contributed by atoms with van der Waals surface area (Å²) >= 11 is 1.57. The molecule has 1 aromatic heterocycles. The van der Waals surface area contributed by atoms with Gasteiger partial charge in [0.15, 0.2) is 0 Å². The Kier molecular flexibility index (Phi) is 16.6. The molecule has 14 nitrogen and oxygen atoms in total. The lowest BCUT2D eigenvalue weighted by Crippen LogP contribution is -2.57. The van der Waals surface area contributed by atoms with Gasteiger partial charge in [0.2, 0.25) is 23.6 Å². The summed E-state index contributed by atoms with van der Waals surface area (Å²) in [4.78, 5) is 71.4. The lowest BCUT2D eigenvalue weighted by atomic mass is 9.85. The molecule has 3 aromatic rings. The van der Waals surface area contributed by atoms with Gasteiger partial charge in [0.05, 0.1) is 40.9 Å². The molecule has 4 rings (SSSR count). The van der Waals surface area contributed by atoms with Gasteiger partial charge < -0.3 is 41.2 Å². The Morgan fingerprint density at radius 2 is 1.59 bits per heavy atom. The highest BCUT2D eigenvalue weighted by Crippen LogP contribution is 2.28. The van der Waals surface area contributed by atoms with Crippen LogP contribution in [-0.4, -0.2) is 87.2 Å². The van der Waals surface area contributed by atoms with Crippen LogP contribution in [0.5, 0.6) is 0 Å². The molecule has 0 bridgehead atoms. The first-order valence-electron chi connectivity index (χ1n) is 20.2. The SMILES string of the molecule is Cc1ncsc1-c1ccc(CNC(=O)[C@@H]2C[C@@H](O)CN2C(=O)[C@@H](NC(=O)CCCc2ccc(CO[C@H](C)[C@H](CCC(N)=O)NC(=O)OC(C)(C)C)cc2)C(C)(C)C)cc1. The van der Waals surface area contributed by atoms with Crippen LogP contribution in [0.3, 0.4) is 0 Å². The van der Waals surface area contributed by atoms with Crippen molar-refractivity contribution < 1.29 is 38.6 Å². The minimum Gasteiger partial charge on any atom is -0.444 e. The number of ether oxygens (including phenoxy) is 2. The van der Waals surface area contributed by atoms with Crippen molar-refractivity contribution in [3.05, 3.63) is 76.4 Å². The smallest absolute Gasteiger partial charge is 0.407 e. The van der Waals surface area contributed by atoms with E-state index < -0.39 is 59.3 Å². The van der Waals surface area contributed by atoms with Crippen LogP contribution >= 0.6 is 11.3 Å². The van der Waals surface area contributed by atoms with Gasteiger partial charge in [0.25, 0.3) is 0 Å². The lowest BCUT2D eigenvalue weighted by molar-refractivity contribution is -0.144. The Hall–Kier alpha value is -4.86. The minimum atomic E-state index is -0.908. The van der Waals surface area contributed by atoms with Crippen molar-refractivity contribution in [2.75, 3.05) is 6.54 Å². The number of aryl methyl sites for hydroxylation is 2. The summed E-state index contributed by atoms with van der Waals surface area (Å²) in [5.74, 6) is -1.51. The van der Waals surface area contributed by atoms with E-state index in [2.05, 4.69) is 20.9 Å². The van der Waals surface area contributed by atoms with Gasteiger partial charge in [-0.25, -0.2) is 9.78 Å². The zero-order valence-electron chi connectivity index (χ0n) is 35.6. The second-order valence-electron chi connectivity index (χ2n) is 17.4. The predicted octanol–water partition coefficient (Wildman–Crippen LogP) is 5.31. The molecular formula is C44H62N6O8S. The number of primary amides is 1. The molecular weight excluding hydrogens is 773 g/mol. The van der Waals surface area contributed by atoms with Crippen LogP contribution in [0.25, 0.3) is 10.4 Å². The van der Waals surface area contributed by atoms with Crippen LogP contribution in [0.4, 0.5) is 4.79 Å². The van der Waals surface area contributed by atoms with Crippen LogP contribution in [-0.2, 0) is 48.2 Å². The fourth-order valence-corrected chi connectivity index (χ4v) is 7.61. The summed E-state index contributed by atoms with van der Waals surface area (Å²) in [7, 11) is 0. The van der Waals surface area contributed by atoms with Gasteiger partial charge in [-0.1, -0.05) is 69.3 Å². The Balaban J connectivity index is 1.26. The molecule has 6 N–H and O–H groups in total. The molecule has 0 unspecified atom stereocenters. The molecule has 5 atom stereocenters. The number of amides is 5. The predicted molar refractivity (Wildman–Crippen MR) is 227 cm³/mol. The molecule has 0 saturated carbocycles. The summed E-state index contributed by atoms with van der Waals surface area (Å²) in [5.41, 5.74) is 10.7. The first kappa shape index (κ1) is 46.8. The number of rotatable bonds is 18. The molecule has 59 heavy (non-hydrogen) atoms. The first-order valence-corrected chi connectivity index (χ1v) is 21.1. The van der Waals surface area contributed by atoms with Gasteiger partial charge in [-0.05, 0) is 81.5 Å². The van der Waals surface area contributed by atoms with E-state index in [0.717, 1.165) is 32.8 Å². The van der Waals surface area contributed by atoms with Crippen molar-refractivity contribution >= 4 is 41.1 Å². The quantitative estimate of drug-likeness (QED) is 0.113. The number of nitrogens with two attached hydrogens (primary N) is 1. The number of aliphatic hydroxyl groups excluding tert-OH is 1. The van der Waals surface area contributed by atoms with Crippen LogP contribution in [0.15, 0.2) is 54.0 Å². The molecule has 15 heteroatoms. The topological polar surface area (TPSA) is 202 Å². The number of benzene rings is 2. The van der Waals surface area contributed by atoms with Gasteiger partial charge in [-0.2, -0.15) is 0 Å². The Bertz CT molecular complexity index is 1890. The Labute approximate surface area is 352 Å². The van der Waals surface area contributed by atoms with E-state index in [1.807, 2.05) is 88.7 Å². The minimum absolute atomic E-state index is 0.00105. The average Bonchev–Trinajstić information content (AvgIpc) is 3.77. The van der Waals surface area contributed by atoms with E-state index in [1.165, 1.54) is 4.90 Å². The third kappa shape index (κ3) is 14.7. The number of thiazole rings is 1. The van der Waals surface area contributed by atoms with Gasteiger partial charge in [0, 0.05) is 32.4 Å². The van der Waals surface area contributed by atoms with Crippen LogP contribution in [0, 0.1) is 12.3 Å². The molecule has 1 aliphatic rings. The van der Waals surface area contributed by atoms with Crippen molar-refractivity contribution in [1.82, 2.24) is 25.8 Å². The lowest BCUT2D eigenvalue weighted by Gasteiger charge is -2.35.